The summed E-state index contributed by atoms with van der Waals surface area (Å²) in [5.74, 6) is -1.50. The van der Waals surface area contributed by atoms with Crippen LogP contribution >= 0.6 is 23.2 Å². The van der Waals surface area contributed by atoms with Crippen LogP contribution in [0.15, 0.2) is 15.8 Å². The monoisotopic (exact) mass is 328 g/mol. The summed E-state index contributed by atoms with van der Waals surface area (Å²) in [4.78, 5) is 24.4. The highest BCUT2D eigenvalue weighted by atomic mass is 35.5. The molecule has 0 aliphatic carbocycles. The number of ether oxygens (including phenoxy) is 1. The minimum absolute atomic E-state index is 0.287. The standard InChI is InChI=1S/C10H11Cl2FN2O5/c11-2-10(3-16)6(17)5(12)8(20-10)15-1-4(13)7(18)14-9(15)19/h1,5-6,8,16-17H,2-3H2,(H,14,18,19)/t5-,6-,8+,10+/m0/s1. The topological polar surface area (TPSA) is 105 Å². The zero-order valence-corrected chi connectivity index (χ0v) is 11.4. The fourth-order valence-electron chi connectivity index (χ4n) is 1.96. The predicted octanol–water partition coefficient (Wildman–Crippen LogP) is -0.857. The molecule has 1 aliphatic heterocycles. The minimum atomic E-state index is -1.56. The van der Waals surface area contributed by atoms with Crippen molar-refractivity contribution in [3.8, 4) is 0 Å². The Morgan fingerprint density at radius 3 is 2.70 bits per heavy atom. The van der Waals surface area contributed by atoms with Crippen LogP contribution in [0.1, 0.15) is 6.23 Å². The van der Waals surface area contributed by atoms with Crippen LogP contribution in [0.2, 0.25) is 0 Å². The molecular formula is C10H11Cl2FN2O5. The molecule has 1 aromatic rings. The molecule has 4 atom stereocenters. The first-order valence-electron chi connectivity index (χ1n) is 5.54. The summed E-state index contributed by atoms with van der Waals surface area (Å²) >= 11 is 11.6. The highest BCUT2D eigenvalue weighted by Crippen LogP contribution is 2.40. The Hall–Kier alpha value is -0.930. The molecule has 112 valence electrons. The maximum absolute atomic E-state index is 13.3. The van der Waals surface area contributed by atoms with Crippen molar-refractivity contribution in [3.05, 3.63) is 32.9 Å². The summed E-state index contributed by atoms with van der Waals surface area (Å²) < 4.78 is 19.3. The highest BCUT2D eigenvalue weighted by Gasteiger charge is 2.54. The number of nitrogens with zero attached hydrogens (tertiary/aromatic N) is 1. The van der Waals surface area contributed by atoms with Gasteiger partial charge in [0.2, 0.25) is 5.82 Å². The summed E-state index contributed by atoms with van der Waals surface area (Å²) in [5, 5.41) is 18.1. The van der Waals surface area contributed by atoms with Crippen LogP contribution in [0.5, 0.6) is 0 Å². The number of nitrogens with one attached hydrogen (secondary N) is 1. The van der Waals surface area contributed by atoms with Gasteiger partial charge in [0.1, 0.15) is 17.1 Å². The Morgan fingerprint density at radius 1 is 1.55 bits per heavy atom. The van der Waals surface area contributed by atoms with Gasteiger partial charge in [0.25, 0.3) is 5.56 Å². The number of H-pyrrole nitrogens is 1. The molecule has 0 aromatic carbocycles. The summed E-state index contributed by atoms with van der Waals surface area (Å²) in [6.07, 6.45) is -2.04. The molecule has 1 saturated heterocycles. The molecule has 1 fully saturated rings. The van der Waals surface area contributed by atoms with Gasteiger partial charge in [-0.2, -0.15) is 4.39 Å². The third-order valence-corrected chi connectivity index (χ3v) is 4.07. The Kier molecular flexibility index (Phi) is 4.22. The van der Waals surface area contributed by atoms with Crippen LogP contribution in [0.3, 0.4) is 0 Å². The quantitative estimate of drug-likeness (QED) is 0.626. The van der Waals surface area contributed by atoms with Gasteiger partial charge in [0.05, 0.1) is 18.7 Å². The van der Waals surface area contributed by atoms with E-state index in [1.54, 1.807) is 4.98 Å². The van der Waals surface area contributed by atoms with Crippen LogP contribution < -0.4 is 11.2 Å². The highest BCUT2D eigenvalue weighted by molar-refractivity contribution is 6.22. The van der Waals surface area contributed by atoms with E-state index in [0.29, 0.717) is 10.8 Å². The second-order valence-corrected chi connectivity index (χ2v) is 5.17. The van der Waals surface area contributed by atoms with E-state index in [1.807, 2.05) is 0 Å². The summed E-state index contributed by atoms with van der Waals surface area (Å²) in [5.41, 5.74) is -3.70. The normalized spacial score (nSPS) is 33.5. The zero-order valence-electron chi connectivity index (χ0n) is 9.92. The average molecular weight is 329 g/mol. The number of rotatable bonds is 3. The second kappa shape index (κ2) is 5.45. The number of aromatic amines is 1. The number of halogens is 3. The van der Waals surface area contributed by atoms with Crippen molar-refractivity contribution in [3.63, 3.8) is 0 Å². The number of hydrogen-bond acceptors (Lipinski definition) is 5. The Bertz CT molecular complexity index is 614. The molecule has 3 N–H and O–H groups in total. The van der Waals surface area contributed by atoms with Gasteiger partial charge in [-0.1, -0.05) is 0 Å². The van der Waals surface area contributed by atoms with Gasteiger partial charge in [-0.3, -0.25) is 14.3 Å². The van der Waals surface area contributed by atoms with Crippen molar-refractivity contribution in [1.29, 1.82) is 0 Å². The number of aliphatic hydroxyl groups is 2. The Morgan fingerprint density at radius 2 is 2.20 bits per heavy atom. The molecule has 20 heavy (non-hydrogen) atoms. The molecule has 0 bridgehead atoms. The van der Waals surface area contributed by atoms with Gasteiger partial charge in [-0.25, -0.2) is 4.79 Å². The maximum Gasteiger partial charge on any atom is 0.330 e. The largest absolute Gasteiger partial charge is 0.393 e. The summed E-state index contributed by atoms with van der Waals surface area (Å²) in [6, 6.07) is 0. The van der Waals surface area contributed by atoms with E-state index < -0.39 is 47.0 Å². The third kappa shape index (κ3) is 2.27. The minimum Gasteiger partial charge on any atom is -0.393 e. The van der Waals surface area contributed by atoms with Crippen molar-refractivity contribution in [2.75, 3.05) is 12.5 Å². The van der Waals surface area contributed by atoms with Gasteiger partial charge >= 0.3 is 5.69 Å². The number of hydrogen-bond donors (Lipinski definition) is 3. The maximum atomic E-state index is 13.3. The van der Waals surface area contributed by atoms with Crippen molar-refractivity contribution >= 4 is 23.2 Å². The Labute approximate surface area is 121 Å². The SMILES string of the molecule is O=c1[nH]c(=O)n([C@@H]2O[C@@](CO)(CCl)[C@@H](O)[C@@H]2Cl)cc1F. The van der Waals surface area contributed by atoms with Gasteiger partial charge in [0.15, 0.2) is 6.23 Å². The number of alkyl halides is 2. The van der Waals surface area contributed by atoms with E-state index in [-0.39, 0.29) is 5.88 Å². The lowest BCUT2D eigenvalue weighted by atomic mass is 10.00. The van der Waals surface area contributed by atoms with Crippen molar-refractivity contribution in [2.45, 2.75) is 23.3 Å². The van der Waals surface area contributed by atoms with Gasteiger partial charge < -0.3 is 14.9 Å². The first kappa shape index (κ1) is 15.5. The molecule has 2 heterocycles. The van der Waals surface area contributed by atoms with E-state index >= 15 is 0 Å². The lowest BCUT2D eigenvalue weighted by molar-refractivity contribution is -0.114. The lowest BCUT2D eigenvalue weighted by Crippen LogP contribution is -2.47. The molecule has 0 saturated carbocycles. The molecule has 0 unspecified atom stereocenters. The van der Waals surface area contributed by atoms with Crippen molar-refractivity contribution < 1.29 is 19.3 Å². The first-order valence-corrected chi connectivity index (χ1v) is 6.51. The van der Waals surface area contributed by atoms with Crippen molar-refractivity contribution in [2.24, 2.45) is 0 Å². The molecule has 7 nitrogen and oxygen atoms in total. The molecule has 0 spiro atoms. The fourth-order valence-corrected chi connectivity index (χ4v) is 2.67. The van der Waals surface area contributed by atoms with Crippen LogP contribution in [-0.4, -0.2) is 49.3 Å². The van der Waals surface area contributed by atoms with Crippen LogP contribution in [0, 0.1) is 5.82 Å². The molecule has 1 aliphatic rings. The van der Waals surface area contributed by atoms with Gasteiger partial charge in [0, 0.05) is 0 Å². The van der Waals surface area contributed by atoms with Crippen molar-refractivity contribution in [1.82, 2.24) is 9.55 Å². The predicted molar refractivity (Wildman–Crippen MR) is 67.6 cm³/mol. The summed E-state index contributed by atoms with van der Waals surface area (Å²) in [6.45, 7) is -0.641. The molecule has 10 heteroatoms. The molecule has 2 rings (SSSR count). The lowest BCUT2D eigenvalue weighted by Gasteiger charge is -2.27. The van der Waals surface area contributed by atoms with E-state index in [9.17, 15) is 24.2 Å². The summed E-state index contributed by atoms with van der Waals surface area (Å²) in [7, 11) is 0. The molecular weight excluding hydrogens is 318 g/mol. The number of aromatic nitrogens is 2. The smallest absolute Gasteiger partial charge is 0.330 e. The molecule has 0 amide bonds. The average Bonchev–Trinajstić information content (AvgIpc) is 2.68. The van der Waals surface area contributed by atoms with E-state index in [2.05, 4.69) is 0 Å². The van der Waals surface area contributed by atoms with Crippen LogP contribution in [0.4, 0.5) is 4.39 Å². The zero-order chi connectivity index (χ0) is 15.1. The van der Waals surface area contributed by atoms with Crippen LogP contribution in [-0.2, 0) is 4.74 Å². The molecule has 0 radical (unpaired) electrons. The fraction of sp³-hybridized carbons (Fsp3) is 0.600. The Balaban J connectivity index is 2.47. The van der Waals surface area contributed by atoms with Gasteiger partial charge in [-0.05, 0) is 0 Å². The molecule has 1 aromatic heterocycles. The van der Waals surface area contributed by atoms with E-state index in [1.165, 1.54) is 0 Å². The third-order valence-electron chi connectivity index (χ3n) is 3.16. The first-order chi connectivity index (χ1) is 9.36. The van der Waals surface area contributed by atoms with E-state index in [0.717, 1.165) is 0 Å². The second-order valence-electron chi connectivity index (χ2n) is 4.40. The van der Waals surface area contributed by atoms with Gasteiger partial charge in [-0.15, -0.1) is 23.2 Å². The number of aliphatic hydroxyl groups excluding tert-OH is 2. The van der Waals surface area contributed by atoms with E-state index in [4.69, 9.17) is 27.9 Å². The van der Waals surface area contributed by atoms with Crippen LogP contribution in [0.25, 0.3) is 0 Å².